The van der Waals surface area contributed by atoms with E-state index in [2.05, 4.69) is 34.4 Å². The third-order valence-corrected chi connectivity index (χ3v) is 5.36. The molecule has 0 spiro atoms. The highest BCUT2D eigenvalue weighted by Gasteiger charge is 2.32. The number of nitrogens with zero attached hydrogens (tertiary/aromatic N) is 2. The molecule has 0 aromatic carbocycles. The summed E-state index contributed by atoms with van der Waals surface area (Å²) in [4.78, 5) is 6.79. The van der Waals surface area contributed by atoms with E-state index in [0.29, 0.717) is 6.04 Å². The normalized spacial score (nSPS) is 28.0. The number of rotatable bonds is 5. The zero-order valence-corrected chi connectivity index (χ0v) is 13.3. The monoisotopic (exact) mass is 287 g/mol. The molecule has 21 heavy (non-hydrogen) atoms. The van der Waals surface area contributed by atoms with Crippen molar-refractivity contribution in [2.45, 2.75) is 44.6 Å². The van der Waals surface area contributed by atoms with Gasteiger partial charge in [-0.1, -0.05) is 25.3 Å². The van der Waals surface area contributed by atoms with Crippen LogP contribution in [0.15, 0.2) is 24.5 Å². The molecule has 0 radical (unpaired) electrons. The van der Waals surface area contributed by atoms with Crippen LogP contribution in [0.2, 0.25) is 0 Å². The maximum absolute atomic E-state index is 4.30. The van der Waals surface area contributed by atoms with Crippen LogP contribution >= 0.6 is 0 Å². The first-order valence-electron chi connectivity index (χ1n) is 8.65. The summed E-state index contributed by atoms with van der Waals surface area (Å²) in [7, 11) is 2.25. The number of hydrogen-bond acceptors (Lipinski definition) is 3. The number of aromatic nitrogens is 1. The van der Waals surface area contributed by atoms with Gasteiger partial charge in [0.1, 0.15) is 0 Å². The second-order valence-corrected chi connectivity index (χ2v) is 6.92. The van der Waals surface area contributed by atoms with Crippen molar-refractivity contribution in [1.29, 1.82) is 0 Å². The van der Waals surface area contributed by atoms with E-state index in [1.165, 1.54) is 57.2 Å². The molecule has 0 bridgehead atoms. The zero-order chi connectivity index (χ0) is 14.5. The van der Waals surface area contributed by atoms with Gasteiger partial charge in [-0.2, -0.15) is 0 Å². The maximum atomic E-state index is 4.30. The fourth-order valence-corrected chi connectivity index (χ4v) is 4.18. The minimum absolute atomic E-state index is 0.539. The average Bonchev–Trinajstić information content (AvgIpc) is 2.90. The Morgan fingerprint density at radius 3 is 2.81 bits per heavy atom. The van der Waals surface area contributed by atoms with Gasteiger partial charge in [0.2, 0.25) is 0 Å². The van der Waals surface area contributed by atoms with Crippen molar-refractivity contribution < 1.29 is 0 Å². The quantitative estimate of drug-likeness (QED) is 0.901. The van der Waals surface area contributed by atoms with Crippen molar-refractivity contribution in [3.05, 3.63) is 30.1 Å². The van der Waals surface area contributed by atoms with Gasteiger partial charge in [0, 0.05) is 18.4 Å². The second-order valence-electron chi connectivity index (χ2n) is 6.92. The van der Waals surface area contributed by atoms with Gasteiger partial charge in [0.05, 0.1) is 0 Å². The average molecular weight is 287 g/mol. The van der Waals surface area contributed by atoms with Crippen molar-refractivity contribution in [3.8, 4) is 0 Å². The summed E-state index contributed by atoms with van der Waals surface area (Å²) in [6, 6.07) is 4.83. The molecule has 1 aromatic heterocycles. The number of pyridine rings is 1. The summed E-state index contributed by atoms with van der Waals surface area (Å²) in [6.45, 7) is 3.58. The van der Waals surface area contributed by atoms with E-state index in [4.69, 9.17) is 0 Å². The number of likely N-dealkylation sites (tertiary alicyclic amines) is 1. The predicted octanol–water partition coefficient (Wildman–Crippen LogP) is 3.24. The van der Waals surface area contributed by atoms with Crippen molar-refractivity contribution in [2.75, 3.05) is 26.7 Å². The first-order valence-corrected chi connectivity index (χ1v) is 8.65. The van der Waals surface area contributed by atoms with Crippen LogP contribution in [0.4, 0.5) is 0 Å². The van der Waals surface area contributed by atoms with Crippen LogP contribution in [-0.4, -0.2) is 36.6 Å². The van der Waals surface area contributed by atoms with Crippen molar-refractivity contribution in [2.24, 2.45) is 11.8 Å². The summed E-state index contributed by atoms with van der Waals surface area (Å²) >= 11 is 0. The first-order chi connectivity index (χ1) is 10.3. The van der Waals surface area contributed by atoms with Crippen molar-refractivity contribution in [3.63, 3.8) is 0 Å². The topological polar surface area (TPSA) is 28.2 Å². The summed E-state index contributed by atoms with van der Waals surface area (Å²) in [5, 5.41) is 3.77. The molecule has 1 saturated carbocycles. The van der Waals surface area contributed by atoms with Gasteiger partial charge < -0.3 is 5.32 Å². The molecule has 2 fully saturated rings. The van der Waals surface area contributed by atoms with Crippen LogP contribution in [0.25, 0.3) is 0 Å². The predicted molar refractivity (Wildman–Crippen MR) is 87.2 cm³/mol. The van der Waals surface area contributed by atoms with Gasteiger partial charge in [-0.25, -0.2) is 0 Å². The molecule has 3 nitrogen and oxygen atoms in total. The van der Waals surface area contributed by atoms with Gasteiger partial charge >= 0.3 is 0 Å². The number of hydrogen-bond donors (Lipinski definition) is 1. The Morgan fingerprint density at radius 2 is 2.05 bits per heavy atom. The Hall–Kier alpha value is -0.930. The molecule has 1 aliphatic carbocycles. The Kier molecular flexibility index (Phi) is 5.26. The lowest BCUT2D eigenvalue weighted by Crippen LogP contribution is -2.32. The highest BCUT2D eigenvalue weighted by Crippen LogP contribution is 2.35. The molecule has 1 aromatic rings. The van der Waals surface area contributed by atoms with Crippen LogP contribution in [0, 0.1) is 11.8 Å². The largest absolute Gasteiger partial charge is 0.316 e. The Morgan fingerprint density at radius 1 is 1.19 bits per heavy atom. The summed E-state index contributed by atoms with van der Waals surface area (Å²) < 4.78 is 0. The second kappa shape index (κ2) is 7.37. The molecule has 0 amide bonds. The lowest BCUT2D eigenvalue weighted by atomic mass is 9.89. The van der Waals surface area contributed by atoms with E-state index >= 15 is 0 Å². The molecule has 3 rings (SSSR count). The Balaban J connectivity index is 1.52. The van der Waals surface area contributed by atoms with E-state index < -0.39 is 0 Å². The maximum Gasteiger partial charge on any atom is 0.0401 e. The zero-order valence-electron chi connectivity index (χ0n) is 13.3. The third kappa shape index (κ3) is 3.83. The van der Waals surface area contributed by atoms with Crippen molar-refractivity contribution >= 4 is 0 Å². The molecule has 1 aliphatic heterocycles. The molecule has 2 aliphatic rings. The fourth-order valence-electron chi connectivity index (χ4n) is 4.18. The molecular formula is C18H29N3. The van der Waals surface area contributed by atoms with Gasteiger partial charge in [-0.15, -0.1) is 0 Å². The molecule has 116 valence electrons. The lowest BCUT2D eigenvalue weighted by molar-refractivity contribution is 0.264. The Bertz CT molecular complexity index is 414. The summed E-state index contributed by atoms with van der Waals surface area (Å²) in [6.07, 6.45) is 12.4. The van der Waals surface area contributed by atoms with Gasteiger partial charge in [-0.3, -0.25) is 9.88 Å². The van der Waals surface area contributed by atoms with E-state index in [1.807, 2.05) is 12.4 Å². The van der Waals surface area contributed by atoms with Crippen LogP contribution < -0.4 is 5.32 Å². The highest BCUT2D eigenvalue weighted by molar-refractivity contribution is 5.16. The highest BCUT2D eigenvalue weighted by atomic mass is 15.2. The molecule has 3 heteroatoms. The molecule has 1 saturated heterocycles. The van der Waals surface area contributed by atoms with Crippen molar-refractivity contribution in [1.82, 2.24) is 15.2 Å². The van der Waals surface area contributed by atoms with Crippen LogP contribution in [-0.2, 0) is 0 Å². The molecule has 2 heterocycles. The number of nitrogens with one attached hydrogen (secondary N) is 1. The minimum atomic E-state index is 0.539. The van der Waals surface area contributed by atoms with Gasteiger partial charge in [0.25, 0.3) is 0 Å². The SMILES string of the molecule is CN1CC[C@@H](CNCC2CCCCC2)[C@@H]1c1cccnc1. The van der Waals surface area contributed by atoms with Crippen LogP contribution in [0.3, 0.4) is 0 Å². The summed E-state index contributed by atoms with van der Waals surface area (Å²) in [5.74, 6) is 1.65. The molecule has 1 N–H and O–H groups in total. The van der Waals surface area contributed by atoms with Gasteiger partial charge in [-0.05, 0) is 69.4 Å². The lowest BCUT2D eigenvalue weighted by Gasteiger charge is -2.27. The van der Waals surface area contributed by atoms with E-state index in [0.717, 1.165) is 18.4 Å². The molecular weight excluding hydrogens is 258 g/mol. The Labute approximate surface area is 129 Å². The molecule has 0 unspecified atom stereocenters. The standard InChI is InChI=1S/C18H29N3/c1-21-11-9-17(18(21)16-8-5-10-19-13-16)14-20-12-15-6-3-2-4-7-15/h5,8,10,13,15,17-18,20H,2-4,6-7,9,11-12,14H2,1H3/t17-,18-/m0/s1. The minimum Gasteiger partial charge on any atom is -0.316 e. The first kappa shape index (κ1) is 15.0. The van der Waals surface area contributed by atoms with E-state index in [-0.39, 0.29) is 0 Å². The smallest absolute Gasteiger partial charge is 0.0401 e. The van der Waals surface area contributed by atoms with Gasteiger partial charge in [0.15, 0.2) is 0 Å². The molecule has 2 atom stereocenters. The van der Waals surface area contributed by atoms with E-state index in [1.54, 1.807) is 0 Å². The van der Waals surface area contributed by atoms with E-state index in [9.17, 15) is 0 Å². The fraction of sp³-hybridized carbons (Fsp3) is 0.722. The summed E-state index contributed by atoms with van der Waals surface area (Å²) in [5.41, 5.74) is 1.38. The van der Waals surface area contributed by atoms with Crippen LogP contribution in [0.1, 0.15) is 50.1 Å². The van der Waals surface area contributed by atoms with Crippen LogP contribution in [0.5, 0.6) is 0 Å². The third-order valence-electron chi connectivity index (χ3n) is 5.36.